The number of nitrogens with zero attached hydrogens (tertiary/aromatic N) is 1. The zero-order chi connectivity index (χ0) is 22.2. The first-order chi connectivity index (χ1) is 15.1. The third-order valence-electron chi connectivity index (χ3n) is 4.34. The van der Waals surface area contributed by atoms with E-state index in [1.54, 1.807) is 0 Å². The number of ether oxygens (including phenoxy) is 1. The highest BCUT2D eigenvalue weighted by atomic mass is 32.2. The average molecular weight is 453 g/mol. The summed E-state index contributed by atoms with van der Waals surface area (Å²) in [5.41, 5.74) is 2.77. The van der Waals surface area contributed by atoms with E-state index in [9.17, 15) is 4.79 Å². The molecule has 0 spiro atoms. The topological polar surface area (TPSA) is 64.4 Å². The van der Waals surface area contributed by atoms with Crippen LogP contribution >= 0.6 is 24.0 Å². The van der Waals surface area contributed by atoms with Crippen LogP contribution in [0.4, 0.5) is 0 Å². The van der Waals surface area contributed by atoms with Gasteiger partial charge in [0, 0.05) is 12.0 Å². The van der Waals surface area contributed by atoms with Crippen molar-refractivity contribution < 1.29 is 13.9 Å². The SMILES string of the molecule is CC.Cc1oc(-c2ccccc2)nc1CCOc1ccc(/C=C2\SC(=S)NC2=O)cc1. The minimum atomic E-state index is -0.154. The van der Waals surface area contributed by atoms with Gasteiger partial charge in [-0.1, -0.05) is 68.2 Å². The highest BCUT2D eigenvalue weighted by Crippen LogP contribution is 2.26. The van der Waals surface area contributed by atoms with Gasteiger partial charge in [-0.15, -0.1) is 0 Å². The van der Waals surface area contributed by atoms with E-state index in [0.29, 0.717) is 28.1 Å². The summed E-state index contributed by atoms with van der Waals surface area (Å²) in [7, 11) is 0. The molecule has 31 heavy (non-hydrogen) atoms. The van der Waals surface area contributed by atoms with Crippen LogP contribution in [0, 0.1) is 6.92 Å². The molecule has 1 saturated heterocycles. The van der Waals surface area contributed by atoms with Gasteiger partial charge in [0.05, 0.1) is 17.2 Å². The summed E-state index contributed by atoms with van der Waals surface area (Å²) in [6.45, 7) is 6.41. The molecule has 0 unspecified atom stereocenters. The third kappa shape index (κ3) is 6.06. The number of oxazole rings is 1. The van der Waals surface area contributed by atoms with E-state index in [0.717, 1.165) is 28.3 Å². The molecule has 160 valence electrons. The Morgan fingerprint density at radius 1 is 1.13 bits per heavy atom. The summed E-state index contributed by atoms with van der Waals surface area (Å²) in [5.74, 6) is 2.04. The van der Waals surface area contributed by atoms with Gasteiger partial charge in [0.15, 0.2) is 0 Å². The molecule has 1 amide bonds. The normalized spacial score (nSPS) is 14.2. The number of hydrogen-bond acceptors (Lipinski definition) is 6. The standard InChI is InChI=1S/C22H18N2O3S2.C2H6/c1-14-18(23-21(27-14)16-5-3-2-4-6-16)11-12-26-17-9-7-15(8-10-17)13-19-20(25)24-22(28)29-19;1-2/h2-10,13H,11-12H2,1H3,(H,24,25,28);1-2H3/b19-13-;. The second-order valence-corrected chi connectivity index (χ2v) is 8.13. The fraction of sp³-hybridized carbons (Fsp3) is 0.208. The Hall–Kier alpha value is -2.90. The molecule has 0 bridgehead atoms. The zero-order valence-corrected chi connectivity index (χ0v) is 19.3. The molecule has 5 nitrogen and oxygen atoms in total. The van der Waals surface area contributed by atoms with Crippen LogP contribution in [0.1, 0.15) is 30.9 Å². The minimum Gasteiger partial charge on any atom is -0.493 e. The summed E-state index contributed by atoms with van der Waals surface area (Å²) < 4.78 is 12.1. The Kier molecular flexibility index (Phi) is 8.03. The average Bonchev–Trinajstić information content (AvgIpc) is 3.32. The molecule has 0 atom stereocenters. The number of thioether (sulfide) groups is 1. The van der Waals surface area contributed by atoms with Crippen molar-refractivity contribution in [2.24, 2.45) is 0 Å². The lowest BCUT2D eigenvalue weighted by Gasteiger charge is -2.05. The first kappa shape index (κ1) is 22.8. The number of aryl methyl sites for hydroxylation is 1. The second-order valence-electron chi connectivity index (χ2n) is 6.41. The lowest BCUT2D eigenvalue weighted by molar-refractivity contribution is -0.115. The summed E-state index contributed by atoms with van der Waals surface area (Å²) in [6.07, 6.45) is 2.47. The maximum Gasteiger partial charge on any atom is 0.263 e. The molecule has 1 N–H and O–H groups in total. The molecular weight excluding hydrogens is 428 g/mol. The van der Waals surface area contributed by atoms with Gasteiger partial charge < -0.3 is 14.5 Å². The van der Waals surface area contributed by atoms with E-state index >= 15 is 0 Å². The molecule has 4 rings (SSSR count). The van der Waals surface area contributed by atoms with Gasteiger partial charge >= 0.3 is 0 Å². The molecule has 1 aliphatic heterocycles. The van der Waals surface area contributed by atoms with Crippen molar-refractivity contribution >= 4 is 40.3 Å². The summed E-state index contributed by atoms with van der Waals surface area (Å²) in [5, 5.41) is 2.61. The molecule has 0 radical (unpaired) electrons. The van der Waals surface area contributed by atoms with E-state index in [-0.39, 0.29) is 5.91 Å². The number of carbonyl (C=O) groups is 1. The summed E-state index contributed by atoms with van der Waals surface area (Å²) in [6, 6.07) is 17.4. The van der Waals surface area contributed by atoms with Crippen LogP contribution in [0.5, 0.6) is 5.75 Å². The first-order valence-electron chi connectivity index (χ1n) is 10.1. The van der Waals surface area contributed by atoms with E-state index < -0.39 is 0 Å². The van der Waals surface area contributed by atoms with Crippen LogP contribution < -0.4 is 10.1 Å². The highest BCUT2D eigenvalue weighted by molar-refractivity contribution is 8.26. The van der Waals surface area contributed by atoms with E-state index in [4.69, 9.17) is 21.4 Å². The maximum atomic E-state index is 11.7. The van der Waals surface area contributed by atoms with Crippen LogP contribution in [-0.2, 0) is 11.2 Å². The number of rotatable bonds is 6. The number of thiocarbonyl (C=S) groups is 1. The Labute approximate surface area is 191 Å². The largest absolute Gasteiger partial charge is 0.493 e. The van der Waals surface area contributed by atoms with Crippen LogP contribution in [0.15, 0.2) is 63.9 Å². The minimum absolute atomic E-state index is 0.154. The molecule has 2 aromatic carbocycles. The van der Waals surface area contributed by atoms with Crippen molar-refractivity contribution in [2.75, 3.05) is 6.61 Å². The molecule has 0 saturated carbocycles. The van der Waals surface area contributed by atoms with Crippen molar-refractivity contribution in [2.45, 2.75) is 27.2 Å². The fourth-order valence-electron chi connectivity index (χ4n) is 2.86. The Balaban J connectivity index is 0.00000132. The molecule has 1 aromatic heterocycles. The quantitative estimate of drug-likeness (QED) is 0.377. The van der Waals surface area contributed by atoms with Crippen molar-refractivity contribution in [1.82, 2.24) is 10.3 Å². The predicted molar refractivity (Wildman–Crippen MR) is 130 cm³/mol. The van der Waals surface area contributed by atoms with E-state index in [1.807, 2.05) is 81.4 Å². The van der Waals surface area contributed by atoms with Gasteiger partial charge in [-0.3, -0.25) is 4.79 Å². The number of nitrogens with one attached hydrogen (secondary N) is 1. The van der Waals surface area contributed by atoms with Crippen molar-refractivity contribution in [1.29, 1.82) is 0 Å². The van der Waals surface area contributed by atoms with Gasteiger partial charge in [-0.2, -0.15) is 0 Å². The number of hydrogen-bond donors (Lipinski definition) is 1. The number of aromatic nitrogens is 1. The fourth-order valence-corrected chi connectivity index (χ4v) is 3.91. The molecule has 0 aliphatic carbocycles. The Morgan fingerprint density at radius 3 is 2.48 bits per heavy atom. The van der Waals surface area contributed by atoms with Crippen molar-refractivity contribution in [3.05, 3.63) is 76.5 Å². The van der Waals surface area contributed by atoms with Crippen LogP contribution in [0.2, 0.25) is 0 Å². The Bertz CT molecular complexity index is 1070. The molecule has 2 heterocycles. The molecule has 1 aliphatic rings. The lowest BCUT2D eigenvalue weighted by Crippen LogP contribution is -2.17. The first-order valence-corrected chi connectivity index (χ1v) is 11.3. The van der Waals surface area contributed by atoms with Crippen LogP contribution in [-0.4, -0.2) is 21.8 Å². The lowest BCUT2D eigenvalue weighted by atomic mass is 10.2. The zero-order valence-electron chi connectivity index (χ0n) is 17.7. The van der Waals surface area contributed by atoms with Gasteiger partial charge in [-0.05, 0) is 42.8 Å². The van der Waals surface area contributed by atoms with Gasteiger partial charge in [0.25, 0.3) is 5.91 Å². The molecule has 7 heteroatoms. The monoisotopic (exact) mass is 452 g/mol. The van der Waals surface area contributed by atoms with E-state index in [1.165, 1.54) is 11.8 Å². The van der Waals surface area contributed by atoms with Crippen LogP contribution in [0.25, 0.3) is 17.5 Å². The van der Waals surface area contributed by atoms with Crippen molar-refractivity contribution in [3.63, 3.8) is 0 Å². The van der Waals surface area contributed by atoms with Gasteiger partial charge in [0.1, 0.15) is 15.8 Å². The molecule has 3 aromatic rings. The van der Waals surface area contributed by atoms with Crippen molar-refractivity contribution in [3.8, 4) is 17.2 Å². The van der Waals surface area contributed by atoms with Gasteiger partial charge in [0.2, 0.25) is 5.89 Å². The number of carbonyl (C=O) groups excluding carboxylic acids is 1. The van der Waals surface area contributed by atoms with Gasteiger partial charge in [-0.25, -0.2) is 4.98 Å². The third-order valence-corrected chi connectivity index (χ3v) is 5.50. The Morgan fingerprint density at radius 2 is 1.84 bits per heavy atom. The molecular formula is C24H24N2O3S2. The van der Waals surface area contributed by atoms with E-state index in [2.05, 4.69) is 10.3 Å². The molecule has 1 fully saturated rings. The maximum absolute atomic E-state index is 11.7. The smallest absolute Gasteiger partial charge is 0.263 e. The van der Waals surface area contributed by atoms with Crippen LogP contribution in [0.3, 0.4) is 0 Å². The highest BCUT2D eigenvalue weighted by Gasteiger charge is 2.21. The second kappa shape index (κ2) is 10.9. The summed E-state index contributed by atoms with van der Waals surface area (Å²) >= 11 is 6.27. The number of benzene rings is 2. The number of amides is 1. The predicted octanol–water partition coefficient (Wildman–Crippen LogP) is 5.79. The summed E-state index contributed by atoms with van der Waals surface area (Å²) in [4.78, 5) is 16.9.